The molecule has 0 saturated heterocycles. The topological polar surface area (TPSA) is 67.4 Å². The number of nitrogens with one attached hydrogen (secondary N) is 2. The Balaban J connectivity index is 0.00000512. The van der Waals surface area contributed by atoms with Crippen molar-refractivity contribution < 1.29 is 14.2 Å². The summed E-state index contributed by atoms with van der Waals surface area (Å²) >= 11 is 1.73. The quantitative estimate of drug-likeness (QED) is 0.220. The van der Waals surface area contributed by atoms with Crippen LogP contribution >= 0.6 is 35.3 Å². The number of nitrogens with zero attached hydrogens (tertiary/aromatic N) is 2. The minimum Gasteiger partial charge on any atom is -0.493 e. The van der Waals surface area contributed by atoms with Gasteiger partial charge in [-0.05, 0) is 60.1 Å². The van der Waals surface area contributed by atoms with Crippen LogP contribution in [0.1, 0.15) is 37.9 Å². The third kappa shape index (κ3) is 7.70. The van der Waals surface area contributed by atoms with E-state index in [1.54, 1.807) is 32.7 Å². The van der Waals surface area contributed by atoms with Crippen LogP contribution in [0.15, 0.2) is 34.0 Å². The van der Waals surface area contributed by atoms with E-state index in [2.05, 4.69) is 53.1 Å². The number of ether oxygens (including phenoxy) is 3. The molecule has 0 radical (unpaired) electrons. The van der Waals surface area contributed by atoms with E-state index in [9.17, 15) is 0 Å². The average Bonchev–Trinajstić information content (AvgIpc) is 3.33. The van der Waals surface area contributed by atoms with Crippen LogP contribution in [0.25, 0.3) is 0 Å². The van der Waals surface area contributed by atoms with Crippen molar-refractivity contribution in [1.29, 1.82) is 0 Å². The molecule has 1 aromatic heterocycles. The second-order valence-corrected chi connectivity index (χ2v) is 7.68. The van der Waals surface area contributed by atoms with Crippen LogP contribution in [-0.2, 0) is 6.54 Å². The molecule has 0 bridgehead atoms. The van der Waals surface area contributed by atoms with E-state index in [0.29, 0.717) is 29.8 Å². The molecule has 0 fully saturated rings. The highest BCUT2D eigenvalue weighted by atomic mass is 127. The molecule has 0 spiro atoms. The van der Waals surface area contributed by atoms with Crippen LogP contribution in [0.2, 0.25) is 0 Å². The molecule has 9 heteroatoms. The first-order valence-corrected chi connectivity index (χ1v) is 11.6. The van der Waals surface area contributed by atoms with Crippen molar-refractivity contribution in [2.24, 2.45) is 4.99 Å². The molecule has 0 aliphatic carbocycles. The Morgan fingerprint density at radius 3 is 2.16 bits per heavy atom. The van der Waals surface area contributed by atoms with Crippen molar-refractivity contribution in [2.75, 3.05) is 47.5 Å². The highest BCUT2D eigenvalue weighted by molar-refractivity contribution is 14.0. The molecule has 2 N–H and O–H groups in total. The molecule has 1 unspecified atom stereocenters. The smallest absolute Gasteiger partial charge is 0.203 e. The number of thiophene rings is 1. The first-order chi connectivity index (χ1) is 15.1. The monoisotopic (exact) mass is 576 g/mol. The molecule has 180 valence electrons. The van der Waals surface area contributed by atoms with Crippen LogP contribution in [-0.4, -0.2) is 58.4 Å². The summed E-state index contributed by atoms with van der Waals surface area (Å²) in [5, 5.41) is 11.2. The minimum absolute atomic E-state index is 0. The lowest BCUT2D eigenvalue weighted by atomic mass is 10.1. The first-order valence-electron chi connectivity index (χ1n) is 10.7. The van der Waals surface area contributed by atoms with Crippen LogP contribution in [0.5, 0.6) is 17.2 Å². The van der Waals surface area contributed by atoms with Gasteiger partial charge in [-0.2, -0.15) is 11.3 Å². The van der Waals surface area contributed by atoms with Gasteiger partial charge in [-0.1, -0.05) is 13.8 Å². The molecule has 0 amide bonds. The maximum absolute atomic E-state index is 5.46. The van der Waals surface area contributed by atoms with Gasteiger partial charge in [-0.15, -0.1) is 24.0 Å². The number of rotatable bonds is 12. The normalized spacial score (nSPS) is 12.2. The molecule has 1 atom stereocenters. The van der Waals surface area contributed by atoms with Gasteiger partial charge in [-0.3, -0.25) is 4.90 Å². The van der Waals surface area contributed by atoms with Gasteiger partial charge in [0.15, 0.2) is 17.5 Å². The molecular weight excluding hydrogens is 539 g/mol. The lowest BCUT2D eigenvalue weighted by Gasteiger charge is -2.30. The molecule has 0 aliphatic heterocycles. The Morgan fingerprint density at radius 1 is 1.03 bits per heavy atom. The van der Waals surface area contributed by atoms with Gasteiger partial charge < -0.3 is 24.8 Å². The second kappa shape index (κ2) is 15.2. The maximum atomic E-state index is 5.46. The van der Waals surface area contributed by atoms with E-state index in [4.69, 9.17) is 19.2 Å². The average molecular weight is 577 g/mol. The van der Waals surface area contributed by atoms with Gasteiger partial charge in [-0.25, -0.2) is 4.99 Å². The summed E-state index contributed by atoms with van der Waals surface area (Å²) in [5.74, 6) is 2.62. The third-order valence-corrected chi connectivity index (χ3v) is 5.83. The molecule has 1 heterocycles. The lowest BCUT2D eigenvalue weighted by molar-refractivity contribution is 0.219. The van der Waals surface area contributed by atoms with Crippen LogP contribution in [0, 0.1) is 0 Å². The van der Waals surface area contributed by atoms with Gasteiger partial charge in [0.05, 0.1) is 33.9 Å². The van der Waals surface area contributed by atoms with Crippen molar-refractivity contribution in [3.8, 4) is 17.2 Å². The van der Waals surface area contributed by atoms with Crippen molar-refractivity contribution in [1.82, 2.24) is 15.5 Å². The zero-order valence-corrected chi connectivity index (χ0v) is 23.1. The number of halogens is 1. The molecule has 1 aromatic carbocycles. The molecule has 32 heavy (non-hydrogen) atoms. The number of guanidine groups is 1. The molecule has 0 saturated carbocycles. The highest BCUT2D eigenvalue weighted by Crippen LogP contribution is 2.38. The standard InChI is InChI=1S/C23H36N4O3S.HI/c1-7-24-23(26-15-19(27(8-2)9-3)18-10-11-31-16-18)25-14-17-12-20(28-4)22(30-6)21(13-17)29-5;/h10-13,16,19H,7-9,14-15H2,1-6H3,(H2,24,25,26);1H. The molecule has 2 aromatic rings. The fourth-order valence-electron chi connectivity index (χ4n) is 3.52. The molecule has 7 nitrogen and oxygen atoms in total. The molecule has 0 aliphatic rings. The van der Waals surface area contributed by atoms with Crippen LogP contribution in [0.4, 0.5) is 0 Å². The molecule has 2 rings (SSSR count). The van der Waals surface area contributed by atoms with Crippen molar-refractivity contribution in [2.45, 2.75) is 33.4 Å². The van der Waals surface area contributed by atoms with E-state index in [1.807, 2.05) is 12.1 Å². The Hall–Kier alpha value is -1.72. The van der Waals surface area contributed by atoms with E-state index >= 15 is 0 Å². The third-order valence-electron chi connectivity index (χ3n) is 5.13. The number of likely N-dealkylation sites (N-methyl/N-ethyl adjacent to an activating group) is 1. The predicted molar refractivity (Wildman–Crippen MR) is 144 cm³/mol. The van der Waals surface area contributed by atoms with Gasteiger partial charge in [0.25, 0.3) is 0 Å². The fourth-order valence-corrected chi connectivity index (χ4v) is 4.23. The van der Waals surface area contributed by atoms with Crippen molar-refractivity contribution >= 4 is 41.3 Å². The highest BCUT2D eigenvalue weighted by Gasteiger charge is 2.19. The predicted octanol–water partition coefficient (Wildman–Crippen LogP) is 4.53. The van der Waals surface area contributed by atoms with E-state index in [0.717, 1.165) is 37.7 Å². The zero-order chi connectivity index (χ0) is 22.6. The van der Waals surface area contributed by atoms with Gasteiger partial charge in [0.1, 0.15) is 0 Å². The number of aliphatic imine (C=N–C) groups is 1. The maximum Gasteiger partial charge on any atom is 0.203 e. The summed E-state index contributed by atoms with van der Waals surface area (Å²) < 4.78 is 16.3. The number of methoxy groups -OCH3 is 3. The Kier molecular flexibility index (Phi) is 13.4. The zero-order valence-electron chi connectivity index (χ0n) is 19.9. The fraction of sp³-hybridized carbons (Fsp3) is 0.522. The number of hydrogen-bond donors (Lipinski definition) is 2. The van der Waals surface area contributed by atoms with E-state index < -0.39 is 0 Å². The Morgan fingerprint density at radius 2 is 1.69 bits per heavy atom. The summed E-state index contributed by atoms with van der Waals surface area (Å²) in [6.07, 6.45) is 0. The SMILES string of the molecule is CCNC(=NCc1cc(OC)c(OC)c(OC)c1)NCC(c1ccsc1)N(CC)CC.I. The van der Waals surface area contributed by atoms with E-state index in [1.165, 1.54) is 5.56 Å². The second-order valence-electron chi connectivity index (χ2n) is 6.90. The van der Waals surface area contributed by atoms with Gasteiger partial charge in [0.2, 0.25) is 5.75 Å². The van der Waals surface area contributed by atoms with E-state index in [-0.39, 0.29) is 24.0 Å². The largest absolute Gasteiger partial charge is 0.493 e. The first kappa shape index (κ1) is 28.3. The minimum atomic E-state index is 0. The Labute approximate surface area is 213 Å². The summed E-state index contributed by atoms with van der Waals surface area (Å²) in [5.41, 5.74) is 2.31. The summed E-state index contributed by atoms with van der Waals surface area (Å²) in [4.78, 5) is 7.24. The van der Waals surface area contributed by atoms with Crippen LogP contribution < -0.4 is 24.8 Å². The van der Waals surface area contributed by atoms with Crippen LogP contribution in [0.3, 0.4) is 0 Å². The van der Waals surface area contributed by atoms with Crippen molar-refractivity contribution in [3.05, 3.63) is 40.1 Å². The summed E-state index contributed by atoms with van der Waals surface area (Å²) in [7, 11) is 4.84. The molecular formula is C23H37IN4O3S. The number of hydrogen-bond acceptors (Lipinski definition) is 6. The lowest BCUT2D eigenvalue weighted by Crippen LogP contribution is -2.43. The van der Waals surface area contributed by atoms with Crippen molar-refractivity contribution in [3.63, 3.8) is 0 Å². The van der Waals surface area contributed by atoms with Gasteiger partial charge in [0, 0.05) is 13.1 Å². The summed E-state index contributed by atoms with van der Waals surface area (Å²) in [6.45, 7) is 10.5. The number of benzene rings is 1. The Bertz CT molecular complexity index is 789. The van der Waals surface area contributed by atoms with Gasteiger partial charge >= 0.3 is 0 Å². The summed E-state index contributed by atoms with van der Waals surface area (Å²) in [6, 6.07) is 6.36.